The molecule has 0 saturated heterocycles. The van der Waals surface area contributed by atoms with Gasteiger partial charge in [0.1, 0.15) is 6.67 Å². The van der Waals surface area contributed by atoms with Gasteiger partial charge >= 0.3 is 0 Å². The smallest absolute Gasteiger partial charge is 0.100 e. The standard InChI is InChI=1S/C3H9N3/c1-4-3-6-5-2/h5-6H,1,3H2,2H3. The highest BCUT2D eigenvalue weighted by Gasteiger charge is 1.64. The zero-order chi connectivity index (χ0) is 4.83. The second kappa shape index (κ2) is 4.59. The Hall–Kier alpha value is -0.410. The number of hydrazine groups is 1. The summed E-state index contributed by atoms with van der Waals surface area (Å²) in [5, 5.41) is 0. The number of aliphatic imine (C=N–C) groups is 1. The van der Waals surface area contributed by atoms with E-state index in [1.807, 2.05) is 0 Å². The van der Waals surface area contributed by atoms with Gasteiger partial charge in [0.2, 0.25) is 0 Å². The molecule has 0 unspecified atom stereocenters. The van der Waals surface area contributed by atoms with Gasteiger partial charge in [-0.25, -0.2) is 5.43 Å². The Kier molecular flexibility index (Phi) is 4.28. The molecule has 0 saturated carbocycles. The van der Waals surface area contributed by atoms with Crippen LogP contribution in [0.2, 0.25) is 0 Å². The van der Waals surface area contributed by atoms with Gasteiger partial charge in [0.15, 0.2) is 0 Å². The molecule has 0 heterocycles. The van der Waals surface area contributed by atoms with E-state index < -0.39 is 0 Å². The fourth-order valence-corrected chi connectivity index (χ4v) is 0.135. The van der Waals surface area contributed by atoms with E-state index in [0.717, 1.165) is 0 Å². The quantitative estimate of drug-likeness (QED) is 0.273. The molecule has 0 radical (unpaired) electrons. The maximum atomic E-state index is 3.50. The van der Waals surface area contributed by atoms with Crippen molar-refractivity contribution in [3.05, 3.63) is 0 Å². The maximum absolute atomic E-state index is 3.50. The van der Waals surface area contributed by atoms with Gasteiger partial charge in [-0.3, -0.25) is 10.4 Å². The Balaban J connectivity index is 2.49. The summed E-state index contributed by atoms with van der Waals surface area (Å²) in [6.07, 6.45) is 0. The molecule has 0 bridgehead atoms. The summed E-state index contributed by atoms with van der Waals surface area (Å²) in [6.45, 7) is 3.81. The topological polar surface area (TPSA) is 36.4 Å². The van der Waals surface area contributed by atoms with Crippen LogP contribution >= 0.6 is 0 Å². The van der Waals surface area contributed by atoms with E-state index in [9.17, 15) is 0 Å². The summed E-state index contributed by atoms with van der Waals surface area (Å²) < 4.78 is 0. The minimum atomic E-state index is 0.566. The van der Waals surface area contributed by atoms with Crippen LogP contribution in [0.25, 0.3) is 0 Å². The second-order valence-electron chi connectivity index (χ2n) is 0.808. The van der Waals surface area contributed by atoms with Crippen LogP contribution in [0.4, 0.5) is 0 Å². The molecule has 0 amide bonds. The highest BCUT2D eigenvalue weighted by atomic mass is 15.4. The van der Waals surface area contributed by atoms with Crippen LogP contribution in [-0.4, -0.2) is 20.4 Å². The summed E-state index contributed by atoms with van der Waals surface area (Å²) in [5.41, 5.74) is 5.40. The normalized spacial score (nSPS) is 8.17. The molecule has 0 aliphatic rings. The summed E-state index contributed by atoms with van der Waals surface area (Å²) in [6, 6.07) is 0. The van der Waals surface area contributed by atoms with Gasteiger partial charge in [-0.1, -0.05) is 0 Å². The number of rotatable bonds is 3. The molecular weight excluding hydrogens is 78.1 g/mol. The molecule has 0 aromatic carbocycles. The minimum absolute atomic E-state index is 0.566. The van der Waals surface area contributed by atoms with Gasteiger partial charge in [-0.2, -0.15) is 0 Å². The van der Waals surface area contributed by atoms with Gasteiger partial charge in [0, 0.05) is 0 Å². The van der Waals surface area contributed by atoms with Crippen molar-refractivity contribution in [1.82, 2.24) is 10.9 Å². The van der Waals surface area contributed by atoms with Crippen LogP contribution in [0, 0.1) is 0 Å². The van der Waals surface area contributed by atoms with E-state index in [1.54, 1.807) is 7.05 Å². The van der Waals surface area contributed by atoms with Crippen molar-refractivity contribution in [2.75, 3.05) is 13.7 Å². The van der Waals surface area contributed by atoms with Crippen LogP contribution in [0.3, 0.4) is 0 Å². The Morgan fingerprint density at radius 3 is 2.67 bits per heavy atom. The molecule has 0 rings (SSSR count). The van der Waals surface area contributed by atoms with Crippen molar-refractivity contribution in [3.8, 4) is 0 Å². The lowest BCUT2D eigenvalue weighted by molar-refractivity contribution is 0.614. The van der Waals surface area contributed by atoms with Crippen molar-refractivity contribution in [3.63, 3.8) is 0 Å². The number of hydrogen-bond donors (Lipinski definition) is 2. The third kappa shape index (κ3) is 3.59. The molecule has 2 N–H and O–H groups in total. The third-order valence-corrected chi connectivity index (χ3v) is 0.368. The van der Waals surface area contributed by atoms with E-state index in [2.05, 4.69) is 22.6 Å². The molecule has 3 nitrogen and oxygen atoms in total. The van der Waals surface area contributed by atoms with Gasteiger partial charge in [-0.15, -0.1) is 0 Å². The fraction of sp³-hybridized carbons (Fsp3) is 0.667. The zero-order valence-electron chi connectivity index (χ0n) is 3.86. The fourth-order valence-electron chi connectivity index (χ4n) is 0.135. The molecule has 3 heteroatoms. The monoisotopic (exact) mass is 87.1 g/mol. The third-order valence-electron chi connectivity index (χ3n) is 0.368. The van der Waals surface area contributed by atoms with E-state index in [4.69, 9.17) is 0 Å². The van der Waals surface area contributed by atoms with Crippen molar-refractivity contribution in [2.24, 2.45) is 4.99 Å². The highest BCUT2D eigenvalue weighted by molar-refractivity contribution is 5.22. The Morgan fingerprint density at radius 1 is 1.83 bits per heavy atom. The van der Waals surface area contributed by atoms with Crippen LogP contribution in [0.5, 0.6) is 0 Å². The molecule has 6 heavy (non-hydrogen) atoms. The predicted octanol–water partition coefficient (Wildman–Crippen LogP) is -0.632. The van der Waals surface area contributed by atoms with Crippen molar-refractivity contribution >= 4 is 6.72 Å². The highest BCUT2D eigenvalue weighted by Crippen LogP contribution is 1.46. The zero-order valence-corrected chi connectivity index (χ0v) is 3.86. The average molecular weight is 87.1 g/mol. The van der Waals surface area contributed by atoms with E-state index in [-0.39, 0.29) is 0 Å². The number of nitrogens with zero attached hydrogens (tertiary/aromatic N) is 1. The Labute approximate surface area is 37.4 Å². The predicted molar refractivity (Wildman–Crippen MR) is 26.6 cm³/mol. The lowest BCUT2D eigenvalue weighted by Gasteiger charge is -1.91. The average Bonchev–Trinajstić information content (AvgIpc) is 1.61. The summed E-state index contributed by atoms with van der Waals surface area (Å²) in [7, 11) is 1.78. The molecule has 0 atom stereocenters. The number of hydrogen-bond acceptors (Lipinski definition) is 3. The first-order valence-corrected chi connectivity index (χ1v) is 1.74. The molecule has 0 spiro atoms. The van der Waals surface area contributed by atoms with Crippen molar-refractivity contribution in [2.45, 2.75) is 0 Å². The first-order chi connectivity index (χ1) is 2.91. The Bertz CT molecular complexity index is 35.0. The molecule has 0 aliphatic heterocycles. The minimum Gasteiger partial charge on any atom is -0.284 e. The maximum Gasteiger partial charge on any atom is 0.100 e. The van der Waals surface area contributed by atoms with Crippen LogP contribution in [0.15, 0.2) is 4.99 Å². The lowest BCUT2D eigenvalue weighted by Crippen LogP contribution is -2.26. The van der Waals surface area contributed by atoms with Gasteiger partial charge in [0.05, 0.1) is 0 Å². The van der Waals surface area contributed by atoms with Gasteiger partial charge in [0.25, 0.3) is 0 Å². The largest absolute Gasteiger partial charge is 0.284 e. The van der Waals surface area contributed by atoms with Crippen LogP contribution < -0.4 is 10.9 Å². The van der Waals surface area contributed by atoms with Crippen LogP contribution in [0.1, 0.15) is 0 Å². The van der Waals surface area contributed by atoms with E-state index in [1.165, 1.54) is 0 Å². The summed E-state index contributed by atoms with van der Waals surface area (Å²) in [4.78, 5) is 3.50. The first kappa shape index (κ1) is 5.59. The molecule has 0 aromatic rings. The van der Waals surface area contributed by atoms with Crippen LogP contribution in [-0.2, 0) is 0 Å². The molecule has 0 aromatic heterocycles. The summed E-state index contributed by atoms with van der Waals surface area (Å²) >= 11 is 0. The SMILES string of the molecule is C=NCNNC. The van der Waals surface area contributed by atoms with Crippen molar-refractivity contribution in [1.29, 1.82) is 0 Å². The van der Waals surface area contributed by atoms with E-state index in [0.29, 0.717) is 6.67 Å². The van der Waals surface area contributed by atoms with Gasteiger partial charge < -0.3 is 0 Å². The van der Waals surface area contributed by atoms with Crippen molar-refractivity contribution < 1.29 is 0 Å². The molecule has 0 fully saturated rings. The summed E-state index contributed by atoms with van der Waals surface area (Å²) in [5.74, 6) is 0. The molecular formula is C3H9N3. The second-order valence-corrected chi connectivity index (χ2v) is 0.808. The first-order valence-electron chi connectivity index (χ1n) is 1.74. The molecule has 36 valence electrons. The molecule has 0 aliphatic carbocycles. The van der Waals surface area contributed by atoms with Gasteiger partial charge in [-0.05, 0) is 13.8 Å². The number of nitrogens with one attached hydrogen (secondary N) is 2. The Morgan fingerprint density at radius 2 is 2.50 bits per heavy atom. The lowest BCUT2D eigenvalue weighted by atomic mass is 11.1. The van der Waals surface area contributed by atoms with E-state index >= 15 is 0 Å².